The summed E-state index contributed by atoms with van der Waals surface area (Å²) in [6, 6.07) is 0.535. The molecule has 2 rings (SSSR count). The van der Waals surface area contributed by atoms with Crippen LogP contribution in [0, 0.1) is 0 Å². The van der Waals surface area contributed by atoms with Crippen molar-refractivity contribution in [1.82, 2.24) is 4.90 Å². The lowest BCUT2D eigenvalue weighted by molar-refractivity contribution is 0.334. The molecular weight excluding hydrogens is 128 g/mol. The summed E-state index contributed by atoms with van der Waals surface area (Å²) >= 11 is 0. The van der Waals surface area contributed by atoms with Crippen LogP contribution in [0.2, 0.25) is 0 Å². The summed E-state index contributed by atoms with van der Waals surface area (Å²) in [4.78, 5) is 6.59. The fourth-order valence-electron chi connectivity index (χ4n) is 1.31. The van der Waals surface area contributed by atoms with E-state index >= 15 is 0 Å². The molecule has 0 aromatic heterocycles. The Morgan fingerprint density at radius 2 is 2.70 bits per heavy atom. The predicted octanol–water partition coefficient (Wildman–Crippen LogP) is 0.119. The Labute approximate surface area is 60.7 Å². The fraction of sp³-hybridized carbons (Fsp3) is 0.857. The van der Waals surface area contributed by atoms with Gasteiger partial charge < -0.3 is 4.74 Å². The molecule has 10 heavy (non-hydrogen) atoms. The van der Waals surface area contributed by atoms with E-state index in [1.54, 1.807) is 0 Å². The number of nitrogens with zero attached hydrogens (tertiary/aromatic N) is 2. The SMILES string of the molecule is CCN1CC1C1=NCCO1. The minimum absolute atomic E-state index is 0.535. The first kappa shape index (κ1) is 6.16. The molecule has 0 saturated carbocycles. The van der Waals surface area contributed by atoms with Gasteiger partial charge >= 0.3 is 0 Å². The zero-order valence-electron chi connectivity index (χ0n) is 6.21. The molecule has 56 valence electrons. The molecule has 2 aliphatic rings. The van der Waals surface area contributed by atoms with Crippen molar-refractivity contribution in [3.05, 3.63) is 0 Å². The van der Waals surface area contributed by atoms with Crippen molar-refractivity contribution in [3.63, 3.8) is 0 Å². The molecule has 0 aliphatic carbocycles. The Hall–Kier alpha value is -0.570. The lowest BCUT2D eigenvalue weighted by atomic mass is 10.5. The quantitative estimate of drug-likeness (QED) is 0.509. The van der Waals surface area contributed by atoms with Crippen molar-refractivity contribution in [1.29, 1.82) is 0 Å². The Morgan fingerprint density at radius 1 is 1.80 bits per heavy atom. The molecule has 0 bridgehead atoms. The Balaban J connectivity index is 1.90. The average molecular weight is 140 g/mol. The van der Waals surface area contributed by atoms with Gasteiger partial charge in [0.15, 0.2) is 0 Å². The number of rotatable bonds is 2. The molecule has 0 radical (unpaired) electrons. The van der Waals surface area contributed by atoms with Crippen molar-refractivity contribution in [3.8, 4) is 0 Å². The first-order chi connectivity index (χ1) is 4.92. The predicted molar refractivity (Wildman–Crippen MR) is 39.3 cm³/mol. The van der Waals surface area contributed by atoms with E-state index in [-0.39, 0.29) is 0 Å². The maximum Gasteiger partial charge on any atom is 0.202 e. The van der Waals surface area contributed by atoms with E-state index in [1.807, 2.05) is 0 Å². The van der Waals surface area contributed by atoms with Gasteiger partial charge in [-0.1, -0.05) is 6.92 Å². The lowest BCUT2D eigenvalue weighted by Gasteiger charge is -1.98. The lowest BCUT2D eigenvalue weighted by Crippen LogP contribution is -2.12. The van der Waals surface area contributed by atoms with Crippen molar-refractivity contribution in [2.75, 3.05) is 26.2 Å². The minimum Gasteiger partial charge on any atom is -0.478 e. The second-order valence-electron chi connectivity index (χ2n) is 2.67. The summed E-state index contributed by atoms with van der Waals surface area (Å²) in [7, 11) is 0. The third-order valence-corrected chi connectivity index (χ3v) is 2.01. The van der Waals surface area contributed by atoms with Gasteiger partial charge in [-0.15, -0.1) is 0 Å². The van der Waals surface area contributed by atoms with Gasteiger partial charge in [0, 0.05) is 6.54 Å². The zero-order valence-corrected chi connectivity index (χ0v) is 6.21. The number of aliphatic imine (C=N–C) groups is 1. The summed E-state index contributed by atoms with van der Waals surface area (Å²) in [5.74, 6) is 0.974. The van der Waals surface area contributed by atoms with Crippen molar-refractivity contribution in [2.45, 2.75) is 13.0 Å². The van der Waals surface area contributed by atoms with Crippen LogP contribution in [0.5, 0.6) is 0 Å². The molecule has 0 amide bonds. The van der Waals surface area contributed by atoms with Crippen molar-refractivity contribution >= 4 is 5.90 Å². The summed E-state index contributed by atoms with van der Waals surface area (Å²) in [5, 5.41) is 0. The van der Waals surface area contributed by atoms with Crippen LogP contribution in [0.15, 0.2) is 4.99 Å². The van der Waals surface area contributed by atoms with Crippen LogP contribution < -0.4 is 0 Å². The average Bonchev–Trinajstić information content (AvgIpc) is 2.56. The molecule has 2 aliphatic heterocycles. The molecule has 1 fully saturated rings. The van der Waals surface area contributed by atoms with Crippen LogP contribution in [0.1, 0.15) is 6.92 Å². The van der Waals surface area contributed by atoms with Crippen LogP contribution in [0.25, 0.3) is 0 Å². The number of likely N-dealkylation sites (N-methyl/N-ethyl adjacent to an activating group) is 1. The summed E-state index contributed by atoms with van der Waals surface area (Å²) in [5.41, 5.74) is 0. The second-order valence-corrected chi connectivity index (χ2v) is 2.67. The van der Waals surface area contributed by atoms with Gasteiger partial charge in [-0.05, 0) is 6.54 Å². The van der Waals surface area contributed by atoms with E-state index in [9.17, 15) is 0 Å². The highest BCUT2D eigenvalue weighted by Crippen LogP contribution is 2.20. The maximum absolute atomic E-state index is 5.32. The Bertz CT molecular complexity index is 167. The maximum atomic E-state index is 5.32. The van der Waals surface area contributed by atoms with Gasteiger partial charge in [-0.25, -0.2) is 0 Å². The third-order valence-electron chi connectivity index (χ3n) is 2.01. The molecule has 0 spiro atoms. The smallest absolute Gasteiger partial charge is 0.202 e. The van der Waals surface area contributed by atoms with Crippen molar-refractivity contribution < 1.29 is 4.74 Å². The molecule has 0 aromatic carbocycles. The van der Waals surface area contributed by atoms with Gasteiger partial charge in [0.2, 0.25) is 5.90 Å². The topological polar surface area (TPSA) is 24.6 Å². The molecule has 3 heteroatoms. The van der Waals surface area contributed by atoms with Crippen LogP contribution >= 0.6 is 0 Å². The molecule has 0 N–H and O–H groups in total. The zero-order chi connectivity index (χ0) is 6.97. The first-order valence-corrected chi connectivity index (χ1v) is 3.83. The van der Waals surface area contributed by atoms with Gasteiger partial charge in [0.25, 0.3) is 0 Å². The van der Waals surface area contributed by atoms with Gasteiger partial charge in [-0.3, -0.25) is 9.89 Å². The molecule has 2 atom stereocenters. The molecule has 2 heterocycles. The van der Waals surface area contributed by atoms with Crippen LogP contribution in [0.3, 0.4) is 0 Å². The largest absolute Gasteiger partial charge is 0.478 e. The Kier molecular flexibility index (Phi) is 1.38. The van der Waals surface area contributed by atoms with E-state index in [2.05, 4.69) is 16.8 Å². The third kappa shape index (κ3) is 0.904. The van der Waals surface area contributed by atoms with Crippen molar-refractivity contribution in [2.24, 2.45) is 4.99 Å². The minimum atomic E-state index is 0.535. The standard InChI is InChI=1S/C7H12N2O/c1-2-9-5-6(9)7-8-3-4-10-7/h6H,2-5H2,1H3. The highest BCUT2D eigenvalue weighted by molar-refractivity contribution is 5.85. The second kappa shape index (κ2) is 2.23. The Morgan fingerprint density at radius 3 is 3.20 bits per heavy atom. The van der Waals surface area contributed by atoms with Gasteiger partial charge in [-0.2, -0.15) is 0 Å². The van der Waals surface area contributed by atoms with E-state index < -0.39 is 0 Å². The normalized spacial score (nSPS) is 37.1. The fourth-order valence-corrected chi connectivity index (χ4v) is 1.31. The van der Waals surface area contributed by atoms with E-state index in [4.69, 9.17) is 4.74 Å². The van der Waals surface area contributed by atoms with E-state index in [1.165, 1.54) is 0 Å². The number of hydrogen-bond acceptors (Lipinski definition) is 3. The van der Waals surface area contributed by atoms with Gasteiger partial charge in [0.05, 0.1) is 12.6 Å². The highest BCUT2D eigenvalue weighted by Gasteiger charge is 2.39. The molecular formula is C7H12N2O. The highest BCUT2D eigenvalue weighted by atomic mass is 16.5. The first-order valence-electron chi connectivity index (χ1n) is 3.83. The molecule has 0 aromatic rings. The van der Waals surface area contributed by atoms with Crippen LogP contribution in [0.4, 0.5) is 0 Å². The van der Waals surface area contributed by atoms with E-state index in [0.29, 0.717) is 6.04 Å². The summed E-state index contributed by atoms with van der Waals surface area (Å²) in [6.07, 6.45) is 0. The van der Waals surface area contributed by atoms with E-state index in [0.717, 1.165) is 32.1 Å². The summed E-state index contributed by atoms with van der Waals surface area (Å²) in [6.45, 7) is 6.09. The number of hydrogen-bond donors (Lipinski definition) is 0. The number of ether oxygens (including phenoxy) is 1. The molecule has 1 saturated heterocycles. The molecule has 2 unspecified atom stereocenters. The van der Waals surface area contributed by atoms with Crippen LogP contribution in [-0.4, -0.2) is 43.1 Å². The monoisotopic (exact) mass is 140 g/mol. The van der Waals surface area contributed by atoms with Crippen LogP contribution in [-0.2, 0) is 4.74 Å². The molecule has 3 nitrogen and oxygen atoms in total. The summed E-state index contributed by atoms with van der Waals surface area (Å²) < 4.78 is 5.32. The van der Waals surface area contributed by atoms with Gasteiger partial charge in [0.1, 0.15) is 6.61 Å².